The molecule has 8 heteroatoms. The summed E-state index contributed by atoms with van der Waals surface area (Å²) in [5.41, 5.74) is 5.29. The van der Waals surface area contributed by atoms with Crippen LogP contribution in [-0.4, -0.2) is 18.7 Å². The summed E-state index contributed by atoms with van der Waals surface area (Å²) in [5, 5.41) is 7.78. The molecule has 0 spiro atoms. The zero-order chi connectivity index (χ0) is 10.2. The lowest BCUT2D eigenvalue weighted by Gasteiger charge is -1.94. The number of hydrogen-bond acceptors (Lipinski definition) is 7. The molecule has 0 aliphatic heterocycles. The van der Waals surface area contributed by atoms with Crippen LogP contribution in [0.2, 0.25) is 0 Å². The van der Waals surface area contributed by atoms with E-state index in [0.29, 0.717) is 0 Å². The zero-order valence-corrected chi connectivity index (χ0v) is 8.38. The molecule has 0 amide bonds. The molecule has 0 bridgehead atoms. The van der Waals surface area contributed by atoms with Crippen LogP contribution in [0.5, 0.6) is 0 Å². The van der Waals surface area contributed by atoms with Gasteiger partial charge in [-0.1, -0.05) is 6.07 Å². The van der Waals surface area contributed by atoms with Crippen molar-refractivity contribution in [3.05, 3.63) is 17.5 Å². The fraction of sp³-hybridized carbons (Fsp3) is 0. The molecule has 0 atom stereocenters. The van der Waals surface area contributed by atoms with Gasteiger partial charge in [0, 0.05) is 0 Å². The van der Waals surface area contributed by atoms with Crippen LogP contribution in [0.4, 0.5) is 5.82 Å². The molecule has 0 unspecified atom stereocenters. The third-order valence-corrected chi connectivity index (χ3v) is 4.56. The maximum absolute atomic E-state index is 11.7. The summed E-state index contributed by atoms with van der Waals surface area (Å²) in [6.45, 7) is 0. The van der Waals surface area contributed by atoms with E-state index in [4.69, 9.17) is 5.73 Å². The maximum atomic E-state index is 11.7. The van der Waals surface area contributed by atoms with E-state index >= 15 is 0 Å². The first-order valence-corrected chi connectivity index (χ1v) is 5.85. The van der Waals surface area contributed by atoms with Gasteiger partial charge in [-0.05, 0) is 21.8 Å². The summed E-state index contributed by atoms with van der Waals surface area (Å²) in [7, 11) is -3.66. The molecule has 0 fully saturated rings. The van der Waals surface area contributed by atoms with Crippen molar-refractivity contribution in [2.75, 3.05) is 5.73 Å². The van der Waals surface area contributed by atoms with E-state index in [1.54, 1.807) is 11.4 Å². The maximum Gasteiger partial charge on any atom is 0.248 e. The molecule has 74 valence electrons. The van der Waals surface area contributed by atoms with Gasteiger partial charge in [-0.25, -0.2) is 13.0 Å². The van der Waals surface area contributed by atoms with Crippen LogP contribution in [-0.2, 0) is 9.84 Å². The third kappa shape index (κ3) is 1.28. The summed E-state index contributed by atoms with van der Waals surface area (Å²) < 4.78 is 27.9. The van der Waals surface area contributed by atoms with Crippen molar-refractivity contribution < 1.29 is 13.0 Å². The molecule has 0 radical (unpaired) electrons. The number of anilines is 1. The van der Waals surface area contributed by atoms with Crippen LogP contribution in [0.3, 0.4) is 0 Å². The van der Waals surface area contributed by atoms with Crippen LogP contribution in [0.1, 0.15) is 0 Å². The van der Waals surface area contributed by atoms with Crippen LogP contribution in [0, 0.1) is 0 Å². The number of hydrogen-bond donors (Lipinski definition) is 1. The van der Waals surface area contributed by atoms with Crippen LogP contribution in [0.25, 0.3) is 0 Å². The van der Waals surface area contributed by atoms with Gasteiger partial charge in [-0.3, -0.25) is 0 Å². The van der Waals surface area contributed by atoms with Gasteiger partial charge in [0.25, 0.3) is 0 Å². The molecular weight excluding hydrogens is 226 g/mol. The van der Waals surface area contributed by atoms with Gasteiger partial charge < -0.3 is 5.73 Å². The summed E-state index contributed by atoms with van der Waals surface area (Å²) in [6.07, 6.45) is 0. The predicted molar refractivity (Wildman–Crippen MR) is 48.5 cm³/mol. The van der Waals surface area contributed by atoms with E-state index in [9.17, 15) is 8.42 Å². The Morgan fingerprint density at radius 1 is 1.43 bits per heavy atom. The first-order chi connectivity index (χ1) is 6.62. The SMILES string of the molecule is Nc1nonc1S(=O)(=O)c1cccs1. The fourth-order valence-corrected chi connectivity index (χ4v) is 3.14. The minimum Gasteiger partial charge on any atom is -0.378 e. The second-order valence-corrected chi connectivity index (χ2v) is 5.43. The number of nitrogens with two attached hydrogens (primary N) is 1. The molecule has 6 nitrogen and oxygen atoms in total. The Kier molecular flexibility index (Phi) is 2.01. The second-order valence-electron chi connectivity index (χ2n) is 2.39. The summed E-state index contributed by atoms with van der Waals surface area (Å²) in [6, 6.07) is 3.09. The van der Waals surface area contributed by atoms with Gasteiger partial charge in [0.2, 0.25) is 20.7 Å². The molecule has 2 N–H and O–H groups in total. The highest BCUT2D eigenvalue weighted by atomic mass is 32.2. The van der Waals surface area contributed by atoms with E-state index in [2.05, 4.69) is 14.9 Å². The monoisotopic (exact) mass is 231 g/mol. The average molecular weight is 231 g/mol. The van der Waals surface area contributed by atoms with Crippen molar-refractivity contribution in [1.29, 1.82) is 0 Å². The Labute approximate surface area is 83.2 Å². The quantitative estimate of drug-likeness (QED) is 0.810. The van der Waals surface area contributed by atoms with Gasteiger partial charge in [-0.2, -0.15) is 0 Å². The largest absolute Gasteiger partial charge is 0.378 e. The van der Waals surface area contributed by atoms with Gasteiger partial charge in [0.15, 0.2) is 0 Å². The van der Waals surface area contributed by atoms with Crippen molar-refractivity contribution in [2.45, 2.75) is 9.24 Å². The Morgan fingerprint density at radius 3 is 2.71 bits per heavy atom. The minimum absolute atomic E-state index is 0.167. The Bertz CT molecular complexity index is 528. The third-order valence-electron chi connectivity index (χ3n) is 1.50. The highest BCUT2D eigenvalue weighted by molar-refractivity contribution is 7.93. The number of nitrogens with zero attached hydrogens (tertiary/aromatic N) is 2. The predicted octanol–water partition coefficient (Wildman–Crippen LogP) is 0.546. The highest BCUT2D eigenvalue weighted by Gasteiger charge is 2.26. The van der Waals surface area contributed by atoms with Crippen LogP contribution < -0.4 is 5.73 Å². The molecule has 0 aliphatic rings. The molecular formula is C6H5N3O3S2. The molecule has 0 aromatic carbocycles. The lowest BCUT2D eigenvalue weighted by atomic mass is 10.7. The van der Waals surface area contributed by atoms with Crippen molar-refractivity contribution in [3.63, 3.8) is 0 Å². The number of sulfone groups is 1. The van der Waals surface area contributed by atoms with Gasteiger partial charge in [-0.15, -0.1) is 11.3 Å². The number of aromatic nitrogens is 2. The number of thiophene rings is 1. The Hall–Kier alpha value is -1.41. The van der Waals surface area contributed by atoms with E-state index in [1.165, 1.54) is 6.07 Å². The van der Waals surface area contributed by atoms with Crippen LogP contribution >= 0.6 is 11.3 Å². The van der Waals surface area contributed by atoms with E-state index in [1.807, 2.05) is 0 Å². The van der Waals surface area contributed by atoms with E-state index < -0.39 is 9.84 Å². The van der Waals surface area contributed by atoms with Crippen molar-refractivity contribution in [1.82, 2.24) is 10.3 Å². The minimum atomic E-state index is -3.66. The molecule has 14 heavy (non-hydrogen) atoms. The lowest BCUT2D eigenvalue weighted by Crippen LogP contribution is -2.03. The molecule has 0 aliphatic carbocycles. The average Bonchev–Trinajstić information content (AvgIpc) is 2.72. The Balaban J connectivity index is 2.60. The number of nitrogen functional groups attached to an aromatic ring is 1. The van der Waals surface area contributed by atoms with Gasteiger partial charge in [0.1, 0.15) is 4.21 Å². The van der Waals surface area contributed by atoms with Crippen LogP contribution in [0.15, 0.2) is 31.4 Å². The summed E-state index contributed by atoms with van der Waals surface area (Å²) in [5.74, 6) is -0.224. The van der Waals surface area contributed by atoms with E-state index in [-0.39, 0.29) is 15.1 Å². The van der Waals surface area contributed by atoms with Crippen molar-refractivity contribution >= 4 is 27.0 Å². The standard InChI is InChI=1S/C6H5N3O3S2/c7-5-6(9-12-8-5)14(10,11)4-2-1-3-13-4/h1-3H,(H2,7,8). The van der Waals surface area contributed by atoms with Crippen molar-refractivity contribution in [3.8, 4) is 0 Å². The highest BCUT2D eigenvalue weighted by Crippen LogP contribution is 2.25. The lowest BCUT2D eigenvalue weighted by molar-refractivity contribution is 0.298. The molecule has 0 saturated carbocycles. The summed E-state index contributed by atoms with van der Waals surface area (Å²) in [4.78, 5) is 0. The fourth-order valence-electron chi connectivity index (χ4n) is 0.886. The molecule has 2 heterocycles. The smallest absolute Gasteiger partial charge is 0.248 e. The van der Waals surface area contributed by atoms with Gasteiger partial charge in [0.05, 0.1) is 0 Å². The molecule has 2 aromatic heterocycles. The van der Waals surface area contributed by atoms with Gasteiger partial charge >= 0.3 is 0 Å². The zero-order valence-electron chi connectivity index (χ0n) is 6.75. The molecule has 2 rings (SSSR count). The Morgan fingerprint density at radius 2 is 2.21 bits per heavy atom. The topological polar surface area (TPSA) is 99.1 Å². The van der Waals surface area contributed by atoms with Crippen molar-refractivity contribution in [2.24, 2.45) is 0 Å². The first-order valence-electron chi connectivity index (χ1n) is 3.49. The summed E-state index contributed by atoms with van der Waals surface area (Å²) >= 11 is 1.08. The molecule has 0 saturated heterocycles. The van der Waals surface area contributed by atoms with E-state index in [0.717, 1.165) is 11.3 Å². The first kappa shape index (κ1) is 9.16. The molecule has 2 aromatic rings. The number of rotatable bonds is 2. The normalized spacial score (nSPS) is 11.7. The second kappa shape index (κ2) is 3.07.